The minimum Gasteiger partial charge on any atom is -0.400 e. The SMILES string of the molecule is CO.O=C1CCN(CCOCCc2ccccc2)CC1. The zero-order chi connectivity index (χ0) is 14.6. The van der Waals surface area contributed by atoms with Crippen LogP contribution in [-0.4, -0.2) is 55.7 Å². The quantitative estimate of drug-likeness (QED) is 0.802. The first-order valence-electron chi connectivity index (χ1n) is 7.15. The highest BCUT2D eigenvalue weighted by atomic mass is 16.5. The summed E-state index contributed by atoms with van der Waals surface area (Å²) in [5, 5.41) is 7.00. The third kappa shape index (κ3) is 6.80. The molecule has 0 aromatic heterocycles. The molecule has 0 amide bonds. The van der Waals surface area contributed by atoms with Gasteiger partial charge in [-0.15, -0.1) is 0 Å². The van der Waals surface area contributed by atoms with Crippen molar-refractivity contribution < 1.29 is 14.6 Å². The molecule has 4 nitrogen and oxygen atoms in total. The highest BCUT2D eigenvalue weighted by Crippen LogP contribution is 2.05. The van der Waals surface area contributed by atoms with Gasteiger partial charge in [-0.05, 0) is 12.0 Å². The first-order chi connectivity index (χ1) is 9.84. The Bertz CT molecular complexity index is 357. The minimum atomic E-state index is 0.399. The number of piperidine rings is 1. The van der Waals surface area contributed by atoms with Crippen molar-refractivity contribution in [3.63, 3.8) is 0 Å². The lowest BCUT2D eigenvalue weighted by atomic mass is 10.1. The smallest absolute Gasteiger partial charge is 0.135 e. The first-order valence-corrected chi connectivity index (χ1v) is 7.15. The van der Waals surface area contributed by atoms with Crippen molar-refractivity contribution in [2.75, 3.05) is 40.0 Å². The molecule has 0 unspecified atom stereocenters. The van der Waals surface area contributed by atoms with E-state index in [1.807, 2.05) is 6.07 Å². The molecule has 1 fully saturated rings. The standard InChI is InChI=1S/C15H21NO2.CH4O/c17-15-6-9-16(10-7-15)11-13-18-12-8-14-4-2-1-3-5-14;1-2/h1-5H,6-13H2;2H,1H3. The average molecular weight is 279 g/mol. The number of carbonyl (C=O) groups excluding carboxylic acids is 1. The molecule has 1 aliphatic rings. The van der Waals surface area contributed by atoms with E-state index in [0.29, 0.717) is 18.6 Å². The van der Waals surface area contributed by atoms with Crippen molar-refractivity contribution in [2.24, 2.45) is 0 Å². The Morgan fingerprint density at radius 3 is 2.40 bits per heavy atom. The molecule has 1 aliphatic heterocycles. The molecule has 112 valence electrons. The monoisotopic (exact) mass is 279 g/mol. The Morgan fingerprint density at radius 1 is 1.10 bits per heavy atom. The summed E-state index contributed by atoms with van der Waals surface area (Å²) in [6.07, 6.45) is 2.40. The van der Waals surface area contributed by atoms with Crippen LogP contribution in [0.1, 0.15) is 18.4 Å². The zero-order valence-corrected chi connectivity index (χ0v) is 12.3. The number of likely N-dealkylation sites (tertiary alicyclic amines) is 1. The molecule has 0 saturated carbocycles. The van der Waals surface area contributed by atoms with E-state index in [0.717, 1.165) is 46.4 Å². The summed E-state index contributed by atoms with van der Waals surface area (Å²) >= 11 is 0. The molecule has 2 rings (SSSR count). The largest absolute Gasteiger partial charge is 0.400 e. The molecule has 4 heteroatoms. The third-order valence-corrected chi connectivity index (χ3v) is 3.34. The predicted molar refractivity (Wildman–Crippen MR) is 79.8 cm³/mol. The normalized spacial score (nSPS) is 15.6. The van der Waals surface area contributed by atoms with Gasteiger partial charge >= 0.3 is 0 Å². The van der Waals surface area contributed by atoms with Crippen molar-refractivity contribution in [1.82, 2.24) is 4.90 Å². The lowest BCUT2D eigenvalue weighted by Crippen LogP contribution is -2.36. The van der Waals surface area contributed by atoms with Crippen LogP contribution in [0.25, 0.3) is 0 Å². The summed E-state index contributed by atoms with van der Waals surface area (Å²) < 4.78 is 5.64. The fourth-order valence-electron chi connectivity index (χ4n) is 2.16. The molecule has 0 atom stereocenters. The topological polar surface area (TPSA) is 49.8 Å². The number of aliphatic hydroxyl groups excluding tert-OH is 1. The molecule has 20 heavy (non-hydrogen) atoms. The van der Waals surface area contributed by atoms with Gasteiger partial charge in [-0.25, -0.2) is 0 Å². The van der Waals surface area contributed by atoms with Crippen LogP contribution in [-0.2, 0) is 16.0 Å². The Hall–Kier alpha value is -1.23. The van der Waals surface area contributed by atoms with Crippen molar-refractivity contribution >= 4 is 5.78 Å². The van der Waals surface area contributed by atoms with E-state index in [1.165, 1.54) is 5.56 Å². The van der Waals surface area contributed by atoms with Crippen LogP contribution >= 0.6 is 0 Å². The van der Waals surface area contributed by atoms with E-state index < -0.39 is 0 Å². The lowest BCUT2D eigenvalue weighted by molar-refractivity contribution is -0.121. The van der Waals surface area contributed by atoms with E-state index in [4.69, 9.17) is 9.84 Å². The number of benzene rings is 1. The summed E-state index contributed by atoms with van der Waals surface area (Å²) in [5.41, 5.74) is 1.32. The van der Waals surface area contributed by atoms with Crippen LogP contribution in [0.5, 0.6) is 0 Å². The van der Waals surface area contributed by atoms with Crippen molar-refractivity contribution in [3.05, 3.63) is 35.9 Å². The fraction of sp³-hybridized carbons (Fsp3) is 0.562. The van der Waals surface area contributed by atoms with Crippen LogP contribution in [0.2, 0.25) is 0 Å². The summed E-state index contributed by atoms with van der Waals surface area (Å²) in [6, 6.07) is 10.4. The fourth-order valence-corrected chi connectivity index (χ4v) is 2.16. The van der Waals surface area contributed by atoms with Crippen LogP contribution in [0.3, 0.4) is 0 Å². The molecular formula is C16H25NO3. The van der Waals surface area contributed by atoms with E-state index in [9.17, 15) is 4.79 Å². The van der Waals surface area contributed by atoms with E-state index in [-0.39, 0.29) is 0 Å². The molecule has 1 aromatic rings. The van der Waals surface area contributed by atoms with Crippen LogP contribution in [0.4, 0.5) is 0 Å². The van der Waals surface area contributed by atoms with Crippen molar-refractivity contribution in [1.29, 1.82) is 0 Å². The maximum absolute atomic E-state index is 11.1. The Kier molecular flexibility index (Phi) is 8.87. The van der Waals surface area contributed by atoms with E-state index in [1.54, 1.807) is 0 Å². The molecule has 0 bridgehead atoms. The van der Waals surface area contributed by atoms with Gasteiger partial charge in [0.25, 0.3) is 0 Å². The summed E-state index contributed by atoms with van der Waals surface area (Å²) in [5.74, 6) is 0.399. The number of ketones is 1. The predicted octanol–water partition coefficient (Wildman–Crippen LogP) is 1.52. The van der Waals surface area contributed by atoms with Gasteiger partial charge in [0.1, 0.15) is 5.78 Å². The average Bonchev–Trinajstić information content (AvgIpc) is 2.52. The number of carbonyl (C=O) groups is 1. The number of Topliss-reactive ketones (excluding diaryl/α,β-unsaturated/α-hetero) is 1. The van der Waals surface area contributed by atoms with Gasteiger partial charge in [-0.2, -0.15) is 0 Å². The molecular weight excluding hydrogens is 254 g/mol. The molecule has 1 heterocycles. The molecule has 0 spiro atoms. The van der Waals surface area contributed by atoms with Gasteiger partial charge in [0.2, 0.25) is 0 Å². The Balaban J connectivity index is 0.000000956. The number of hydrogen-bond donors (Lipinski definition) is 1. The molecule has 1 saturated heterocycles. The van der Waals surface area contributed by atoms with Crippen LogP contribution in [0, 0.1) is 0 Å². The van der Waals surface area contributed by atoms with E-state index >= 15 is 0 Å². The summed E-state index contributed by atoms with van der Waals surface area (Å²) in [7, 11) is 1.00. The van der Waals surface area contributed by atoms with Crippen LogP contribution < -0.4 is 0 Å². The van der Waals surface area contributed by atoms with Gasteiger partial charge in [-0.1, -0.05) is 30.3 Å². The molecule has 1 N–H and O–H groups in total. The van der Waals surface area contributed by atoms with E-state index in [2.05, 4.69) is 29.2 Å². The molecule has 0 aliphatic carbocycles. The highest BCUT2D eigenvalue weighted by molar-refractivity contribution is 5.79. The summed E-state index contributed by atoms with van der Waals surface area (Å²) in [6.45, 7) is 4.29. The number of aliphatic hydroxyl groups is 1. The molecule has 1 aromatic carbocycles. The van der Waals surface area contributed by atoms with Gasteiger partial charge in [0, 0.05) is 39.6 Å². The number of nitrogens with zero attached hydrogens (tertiary/aromatic N) is 1. The number of rotatable bonds is 6. The zero-order valence-electron chi connectivity index (χ0n) is 12.3. The van der Waals surface area contributed by atoms with Crippen LogP contribution in [0.15, 0.2) is 30.3 Å². The number of ether oxygens (including phenoxy) is 1. The summed E-state index contributed by atoms with van der Waals surface area (Å²) in [4.78, 5) is 13.4. The maximum Gasteiger partial charge on any atom is 0.135 e. The number of hydrogen-bond acceptors (Lipinski definition) is 4. The van der Waals surface area contributed by atoms with Crippen molar-refractivity contribution in [3.8, 4) is 0 Å². The molecule has 0 radical (unpaired) electrons. The second kappa shape index (κ2) is 10.5. The second-order valence-corrected chi connectivity index (χ2v) is 4.73. The minimum absolute atomic E-state index is 0.399. The van der Waals surface area contributed by atoms with Gasteiger partial charge in [-0.3, -0.25) is 4.79 Å². The lowest BCUT2D eigenvalue weighted by Gasteiger charge is -2.25. The maximum atomic E-state index is 11.1. The third-order valence-electron chi connectivity index (χ3n) is 3.34. The Labute approximate surface area is 121 Å². The van der Waals surface area contributed by atoms with Gasteiger partial charge < -0.3 is 14.7 Å². The van der Waals surface area contributed by atoms with Gasteiger partial charge in [0.15, 0.2) is 0 Å². The van der Waals surface area contributed by atoms with Crippen molar-refractivity contribution in [2.45, 2.75) is 19.3 Å². The second-order valence-electron chi connectivity index (χ2n) is 4.73. The van der Waals surface area contributed by atoms with Gasteiger partial charge in [0.05, 0.1) is 13.2 Å². The first kappa shape index (κ1) is 16.8. The Morgan fingerprint density at radius 2 is 1.75 bits per heavy atom. The highest BCUT2D eigenvalue weighted by Gasteiger charge is 2.15.